The second kappa shape index (κ2) is 13.6. The summed E-state index contributed by atoms with van der Waals surface area (Å²) in [6.45, 7) is 0. The van der Waals surface area contributed by atoms with E-state index >= 15 is 0 Å². The Balaban J connectivity index is -0.000000156. The summed E-state index contributed by atoms with van der Waals surface area (Å²) in [5.41, 5.74) is -2.74. The minimum absolute atomic E-state index is 0. The molecule has 11 nitrogen and oxygen atoms in total. The van der Waals surface area contributed by atoms with Crippen LogP contribution in [0, 0.1) is 0 Å². The summed E-state index contributed by atoms with van der Waals surface area (Å²) in [5.74, 6) is -7.64. The zero-order chi connectivity index (χ0) is 16.5. The molecule has 6 N–H and O–H groups in total. The predicted molar refractivity (Wildman–Crippen MR) is 74.1 cm³/mol. The maximum atomic E-state index is 10.3. The topological polar surface area (TPSA) is 207 Å². The molecule has 0 spiro atoms. The molecule has 0 aromatic heterocycles. The first-order valence-corrected chi connectivity index (χ1v) is 4.73. The van der Waals surface area contributed by atoms with Crippen molar-refractivity contribution < 1.29 is 54.6 Å². The third-order valence-electron chi connectivity index (χ3n) is 1.59. The Labute approximate surface area is 156 Å². The van der Waals surface area contributed by atoms with Crippen LogP contribution in [-0.4, -0.2) is 114 Å². The molecule has 0 saturated heterocycles. The van der Waals surface area contributed by atoms with Crippen LogP contribution < -0.4 is 0 Å². The van der Waals surface area contributed by atoms with E-state index in [1.165, 1.54) is 0 Å². The van der Waals surface area contributed by atoms with Gasteiger partial charge in [0.2, 0.25) is 0 Å². The van der Waals surface area contributed by atoms with Gasteiger partial charge in [0.05, 0.1) is 12.8 Å². The first kappa shape index (κ1) is 29.0. The van der Waals surface area contributed by atoms with Crippen molar-refractivity contribution in [1.29, 1.82) is 0 Å². The van der Waals surface area contributed by atoms with Gasteiger partial charge in [-0.05, 0) is 0 Å². The van der Waals surface area contributed by atoms with Crippen LogP contribution in [0.3, 0.4) is 0 Å². The third-order valence-corrected chi connectivity index (χ3v) is 1.59. The Morgan fingerprint density at radius 3 is 1.00 bits per heavy atom. The standard InChI is InChI=1S/C6H8O7.C3H4O4.2Sn.4H/c7-3(8)1-6(13,5(11)12)2-4(9)10;4-2(5)1-3(6)7;;;;;;/h13H,1-2H2,(H,7,8)(H,9,10)(H,11,12);1H2,(H,4,5)(H,6,7);;;;;;. The molecule has 4 radical (unpaired) electrons. The molecule has 0 saturated carbocycles. The van der Waals surface area contributed by atoms with Gasteiger partial charge in [-0.1, -0.05) is 0 Å². The van der Waals surface area contributed by atoms with E-state index < -0.39 is 54.7 Å². The van der Waals surface area contributed by atoms with E-state index in [0.717, 1.165) is 0 Å². The van der Waals surface area contributed by atoms with E-state index in [9.17, 15) is 24.0 Å². The fraction of sp³-hybridized carbons (Fsp3) is 0.444. The van der Waals surface area contributed by atoms with Crippen LogP contribution in [0.1, 0.15) is 19.3 Å². The van der Waals surface area contributed by atoms with Crippen LogP contribution in [0.15, 0.2) is 0 Å². The Hall–Kier alpha value is -1.09. The number of aliphatic carboxylic acids is 5. The summed E-state index contributed by atoms with van der Waals surface area (Å²) >= 11 is 0. The molecule has 0 heterocycles. The van der Waals surface area contributed by atoms with Gasteiger partial charge in [-0.25, -0.2) is 4.79 Å². The molecule has 0 aromatic carbocycles. The molecule has 126 valence electrons. The number of aliphatic hydroxyl groups is 1. The normalized spacial score (nSPS) is 8.95. The molecule has 22 heavy (non-hydrogen) atoms. The molecular weight excluding hydrogens is 522 g/mol. The van der Waals surface area contributed by atoms with E-state index in [-0.39, 0.29) is 47.8 Å². The van der Waals surface area contributed by atoms with Crippen molar-refractivity contribution in [2.45, 2.75) is 24.9 Å². The Kier molecular flexibility index (Phi) is 17.9. The number of carbonyl (C=O) groups is 5. The quantitative estimate of drug-likeness (QED) is 0.138. The van der Waals surface area contributed by atoms with Gasteiger partial charge < -0.3 is 30.6 Å². The first-order chi connectivity index (χ1) is 8.90. The van der Waals surface area contributed by atoms with Crippen LogP contribution in [0.4, 0.5) is 0 Å². The number of carboxylic acids is 5. The van der Waals surface area contributed by atoms with Gasteiger partial charge in [0.1, 0.15) is 6.42 Å². The van der Waals surface area contributed by atoms with E-state index in [2.05, 4.69) is 0 Å². The molecule has 0 bridgehead atoms. The van der Waals surface area contributed by atoms with E-state index in [1.807, 2.05) is 0 Å². The van der Waals surface area contributed by atoms with Crippen molar-refractivity contribution in [2.24, 2.45) is 0 Å². The molecular formula is C9H16O11Sn2. The zero-order valence-electron chi connectivity index (χ0n) is 11.3. The first-order valence-electron chi connectivity index (χ1n) is 4.73. The molecule has 0 aromatic rings. The van der Waals surface area contributed by atoms with E-state index in [0.29, 0.717) is 0 Å². The van der Waals surface area contributed by atoms with E-state index in [1.54, 1.807) is 0 Å². The number of carboxylic acid groups (broad SMARTS) is 5. The number of hydrogen-bond donors (Lipinski definition) is 6. The van der Waals surface area contributed by atoms with Crippen molar-refractivity contribution in [3.8, 4) is 0 Å². The third kappa shape index (κ3) is 17.0. The fourth-order valence-electron chi connectivity index (χ4n) is 0.843. The number of hydrogen-bond acceptors (Lipinski definition) is 6. The zero-order valence-corrected chi connectivity index (χ0v) is 19.3. The van der Waals surface area contributed by atoms with Crippen LogP contribution in [0.2, 0.25) is 0 Å². The van der Waals surface area contributed by atoms with Crippen molar-refractivity contribution >= 4 is 77.7 Å². The molecule has 0 amide bonds. The summed E-state index contributed by atoms with van der Waals surface area (Å²) in [7, 11) is 0. The molecule has 0 aliphatic rings. The van der Waals surface area contributed by atoms with Crippen molar-refractivity contribution in [3.63, 3.8) is 0 Å². The van der Waals surface area contributed by atoms with Crippen molar-refractivity contribution in [2.75, 3.05) is 0 Å². The van der Waals surface area contributed by atoms with Gasteiger partial charge >= 0.3 is 77.7 Å². The van der Waals surface area contributed by atoms with Gasteiger partial charge in [-0.3, -0.25) is 19.2 Å². The molecule has 13 heteroatoms. The second-order valence-corrected chi connectivity index (χ2v) is 3.44. The SMILES string of the molecule is O=C(O)CC(=O)O.O=C(O)CC(O)(CC(=O)O)C(=O)O.[SnH2].[SnH2]. The van der Waals surface area contributed by atoms with Crippen molar-refractivity contribution in [1.82, 2.24) is 0 Å². The van der Waals surface area contributed by atoms with Gasteiger partial charge in [0.25, 0.3) is 0 Å². The monoisotopic (exact) mass is 540 g/mol. The summed E-state index contributed by atoms with van der Waals surface area (Å²) in [4.78, 5) is 49.3. The predicted octanol–water partition coefficient (Wildman–Crippen LogP) is -3.54. The van der Waals surface area contributed by atoms with Gasteiger partial charge in [-0.2, -0.15) is 0 Å². The minimum atomic E-state index is -2.74. The maximum absolute atomic E-state index is 10.3. The van der Waals surface area contributed by atoms with Gasteiger partial charge in [0, 0.05) is 0 Å². The van der Waals surface area contributed by atoms with Gasteiger partial charge in [0.15, 0.2) is 5.60 Å². The molecule has 0 atom stereocenters. The Bertz CT molecular complexity index is 392. The molecule has 0 unspecified atom stereocenters. The summed E-state index contributed by atoms with van der Waals surface area (Å²) in [6.07, 6.45) is -3.09. The van der Waals surface area contributed by atoms with E-state index in [4.69, 9.17) is 30.6 Å². The number of rotatable bonds is 7. The Morgan fingerprint density at radius 1 is 0.636 bits per heavy atom. The van der Waals surface area contributed by atoms with Crippen LogP contribution in [0.25, 0.3) is 0 Å². The summed E-state index contributed by atoms with van der Waals surface area (Å²) in [5, 5.41) is 49.2. The molecule has 0 aliphatic heterocycles. The molecule has 0 rings (SSSR count). The molecule has 0 aliphatic carbocycles. The Morgan fingerprint density at radius 2 is 0.909 bits per heavy atom. The fourth-order valence-corrected chi connectivity index (χ4v) is 0.843. The van der Waals surface area contributed by atoms with Crippen LogP contribution in [-0.2, 0) is 24.0 Å². The van der Waals surface area contributed by atoms with Gasteiger partial charge in [-0.15, -0.1) is 0 Å². The second-order valence-electron chi connectivity index (χ2n) is 3.44. The van der Waals surface area contributed by atoms with Crippen LogP contribution in [0.5, 0.6) is 0 Å². The summed E-state index contributed by atoms with van der Waals surface area (Å²) in [6, 6.07) is 0. The van der Waals surface area contributed by atoms with Crippen LogP contribution >= 0.6 is 0 Å². The van der Waals surface area contributed by atoms with Crippen molar-refractivity contribution in [3.05, 3.63) is 0 Å². The molecule has 0 fully saturated rings. The average Bonchev–Trinajstić information content (AvgIpc) is 2.12. The average molecular weight is 538 g/mol. The summed E-state index contributed by atoms with van der Waals surface area (Å²) < 4.78 is 0.